The maximum atomic E-state index is 11.8. The molecule has 19 heavy (non-hydrogen) atoms. The first-order valence-corrected chi connectivity index (χ1v) is 7.33. The number of nitrogens with one attached hydrogen (secondary N) is 1. The molecular formula is C16H23NO2. The normalized spacial score (nSPS) is 21.9. The molecule has 0 spiro atoms. The summed E-state index contributed by atoms with van der Waals surface area (Å²) in [5.41, 5.74) is 3.90. The van der Waals surface area contributed by atoms with E-state index in [2.05, 4.69) is 5.48 Å². The van der Waals surface area contributed by atoms with Crippen LogP contribution >= 0.6 is 0 Å². The van der Waals surface area contributed by atoms with Gasteiger partial charge in [-0.1, -0.05) is 43.9 Å². The van der Waals surface area contributed by atoms with Gasteiger partial charge in [0.2, 0.25) is 0 Å². The van der Waals surface area contributed by atoms with Crippen LogP contribution < -0.4 is 5.48 Å². The molecule has 2 rings (SSSR count). The molecule has 104 valence electrons. The molecule has 1 unspecified atom stereocenters. The molecular weight excluding hydrogens is 238 g/mol. The molecule has 0 bridgehead atoms. The molecule has 1 aliphatic rings. The fourth-order valence-corrected chi connectivity index (χ4v) is 2.44. The molecule has 1 aliphatic carbocycles. The van der Waals surface area contributed by atoms with E-state index >= 15 is 0 Å². The smallest absolute Gasteiger partial charge is 0.135 e. The molecule has 3 nitrogen and oxygen atoms in total. The Morgan fingerprint density at radius 3 is 2.58 bits per heavy atom. The molecule has 0 heterocycles. The zero-order valence-corrected chi connectivity index (χ0v) is 11.4. The van der Waals surface area contributed by atoms with Crippen molar-refractivity contribution in [3.63, 3.8) is 0 Å². The van der Waals surface area contributed by atoms with E-state index in [1.165, 1.54) is 19.3 Å². The monoisotopic (exact) mass is 261 g/mol. The predicted molar refractivity (Wildman–Crippen MR) is 76.9 cm³/mol. The molecule has 0 saturated heterocycles. The SMILES string of the molecule is O=C1CCCCCCCC(ONc2ccccc2)C1. The van der Waals surface area contributed by atoms with Crippen molar-refractivity contribution in [3.8, 4) is 0 Å². The van der Waals surface area contributed by atoms with E-state index in [1.807, 2.05) is 30.3 Å². The van der Waals surface area contributed by atoms with Gasteiger partial charge in [-0.15, -0.1) is 0 Å². The summed E-state index contributed by atoms with van der Waals surface area (Å²) in [5.74, 6) is 0.335. The average Bonchev–Trinajstić information content (AvgIpc) is 2.45. The quantitative estimate of drug-likeness (QED) is 0.832. The lowest BCUT2D eigenvalue weighted by molar-refractivity contribution is -0.121. The van der Waals surface area contributed by atoms with Crippen molar-refractivity contribution in [3.05, 3.63) is 30.3 Å². The summed E-state index contributed by atoms with van der Waals surface area (Å²) >= 11 is 0. The van der Waals surface area contributed by atoms with Crippen molar-refractivity contribution in [2.75, 3.05) is 5.48 Å². The van der Waals surface area contributed by atoms with Gasteiger partial charge in [0.05, 0.1) is 11.8 Å². The van der Waals surface area contributed by atoms with Gasteiger partial charge in [-0.3, -0.25) is 15.1 Å². The molecule has 0 radical (unpaired) electrons. The molecule has 1 saturated carbocycles. The van der Waals surface area contributed by atoms with E-state index in [0.717, 1.165) is 24.9 Å². The van der Waals surface area contributed by atoms with Crippen molar-refractivity contribution in [2.24, 2.45) is 0 Å². The maximum absolute atomic E-state index is 11.8. The van der Waals surface area contributed by atoms with E-state index < -0.39 is 0 Å². The molecule has 0 aliphatic heterocycles. The number of anilines is 1. The third kappa shape index (κ3) is 5.43. The predicted octanol–water partition coefficient (Wildman–Crippen LogP) is 4.10. The highest BCUT2D eigenvalue weighted by Crippen LogP contribution is 2.18. The standard InChI is InChI=1S/C16H23NO2/c18-15-11-7-2-1-3-8-12-16(13-15)19-17-14-9-5-4-6-10-14/h4-6,9-10,16-17H,1-3,7-8,11-13H2. The van der Waals surface area contributed by atoms with Gasteiger partial charge in [-0.05, 0) is 25.0 Å². The number of hydrogen-bond acceptors (Lipinski definition) is 3. The minimum Gasteiger partial charge on any atom is -0.300 e. The minimum atomic E-state index is 0.00538. The highest BCUT2D eigenvalue weighted by molar-refractivity contribution is 5.78. The summed E-state index contributed by atoms with van der Waals surface area (Å²) in [6.45, 7) is 0. The van der Waals surface area contributed by atoms with Crippen LogP contribution in [-0.4, -0.2) is 11.9 Å². The Balaban J connectivity index is 1.83. The Hall–Kier alpha value is -1.35. The largest absolute Gasteiger partial charge is 0.300 e. The van der Waals surface area contributed by atoms with Crippen LogP contribution in [0, 0.1) is 0 Å². The Labute approximate surface area is 115 Å². The zero-order valence-electron chi connectivity index (χ0n) is 11.4. The van der Waals surface area contributed by atoms with Crippen LogP contribution in [0.3, 0.4) is 0 Å². The Bertz CT molecular complexity index is 378. The third-order valence-corrected chi connectivity index (χ3v) is 3.55. The van der Waals surface area contributed by atoms with Crippen LogP contribution in [0.25, 0.3) is 0 Å². The van der Waals surface area contributed by atoms with Crippen LogP contribution in [0.15, 0.2) is 30.3 Å². The first kappa shape index (κ1) is 14.1. The fourth-order valence-electron chi connectivity index (χ4n) is 2.44. The molecule has 3 heteroatoms. The Kier molecular flexibility index (Phi) is 5.89. The van der Waals surface area contributed by atoms with E-state index in [0.29, 0.717) is 18.6 Å². The van der Waals surface area contributed by atoms with Crippen LogP contribution in [-0.2, 0) is 9.63 Å². The number of para-hydroxylation sites is 1. The van der Waals surface area contributed by atoms with Gasteiger partial charge < -0.3 is 0 Å². The number of Topliss-reactive ketones (excluding diaryl/α,β-unsaturated/α-hetero) is 1. The minimum absolute atomic E-state index is 0.00538. The third-order valence-electron chi connectivity index (χ3n) is 3.55. The van der Waals surface area contributed by atoms with Crippen molar-refractivity contribution in [1.29, 1.82) is 0 Å². The topological polar surface area (TPSA) is 38.3 Å². The number of benzene rings is 1. The molecule has 1 fully saturated rings. The highest BCUT2D eigenvalue weighted by Gasteiger charge is 2.16. The summed E-state index contributed by atoms with van der Waals surface area (Å²) in [4.78, 5) is 17.5. The summed E-state index contributed by atoms with van der Waals surface area (Å²) in [6.07, 6.45) is 8.10. The van der Waals surface area contributed by atoms with Crippen LogP contribution in [0.1, 0.15) is 51.4 Å². The Morgan fingerprint density at radius 2 is 1.74 bits per heavy atom. The van der Waals surface area contributed by atoms with Gasteiger partial charge in [0.25, 0.3) is 0 Å². The van der Waals surface area contributed by atoms with Gasteiger partial charge in [-0.25, -0.2) is 0 Å². The fraction of sp³-hybridized carbons (Fsp3) is 0.562. The van der Waals surface area contributed by atoms with E-state index in [9.17, 15) is 4.79 Å². The Morgan fingerprint density at radius 1 is 1.00 bits per heavy atom. The second-order valence-corrected chi connectivity index (χ2v) is 5.26. The summed E-state index contributed by atoms with van der Waals surface area (Å²) in [5, 5.41) is 0. The van der Waals surface area contributed by atoms with Gasteiger partial charge in [0.1, 0.15) is 5.78 Å². The summed E-state index contributed by atoms with van der Waals surface area (Å²) in [6, 6.07) is 9.82. The van der Waals surface area contributed by atoms with Crippen molar-refractivity contribution >= 4 is 11.5 Å². The zero-order chi connectivity index (χ0) is 13.3. The number of ketones is 1. The van der Waals surface area contributed by atoms with Gasteiger partial charge in [0, 0.05) is 12.8 Å². The molecule has 0 aromatic heterocycles. The average molecular weight is 261 g/mol. The number of carbonyl (C=O) groups excluding carboxylic acids is 1. The van der Waals surface area contributed by atoms with Gasteiger partial charge in [-0.2, -0.15) is 0 Å². The molecule has 1 N–H and O–H groups in total. The van der Waals surface area contributed by atoms with Gasteiger partial charge in [0.15, 0.2) is 0 Å². The van der Waals surface area contributed by atoms with Crippen LogP contribution in [0.2, 0.25) is 0 Å². The first-order valence-electron chi connectivity index (χ1n) is 7.33. The molecule has 1 aromatic rings. The number of carbonyl (C=O) groups is 1. The molecule has 1 aromatic carbocycles. The molecule has 0 amide bonds. The van der Waals surface area contributed by atoms with Crippen molar-refractivity contribution in [1.82, 2.24) is 0 Å². The number of rotatable bonds is 3. The van der Waals surface area contributed by atoms with Crippen molar-refractivity contribution in [2.45, 2.75) is 57.5 Å². The maximum Gasteiger partial charge on any atom is 0.135 e. The van der Waals surface area contributed by atoms with Gasteiger partial charge >= 0.3 is 0 Å². The van der Waals surface area contributed by atoms with Crippen LogP contribution in [0.4, 0.5) is 5.69 Å². The lowest BCUT2D eigenvalue weighted by atomic mass is 9.98. The van der Waals surface area contributed by atoms with E-state index in [-0.39, 0.29) is 6.10 Å². The molecule has 1 atom stereocenters. The second kappa shape index (κ2) is 7.95. The van der Waals surface area contributed by atoms with E-state index in [4.69, 9.17) is 4.84 Å². The summed E-state index contributed by atoms with van der Waals surface area (Å²) in [7, 11) is 0. The highest BCUT2D eigenvalue weighted by atomic mass is 16.7. The second-order valence-electron chi connectivity index (χ2n) is 5.26. The van der Waals surface area contributed by atoms with Crippen molar-refractivity contribution < 1.29 is 9.63 Å². The first-order chi connectivity index (χ1) is 9.34. The number of hydrogen-bond donors (Lipinski definition) is 1. The summed E-state index contributed by atoms with van der Waals surface area (Å²) < 4.78 is 0. The lowest BCUT2D eigenvalue weighted by Gasteiger charge is -2.19. The lowest BCUT2D eigenvalue weighted by Crippen LogP contribution is -2.21. The van der Waals surface area contributed by atoms with E-state index in [1.54, 1.807) is 0 Å². The van der Waals surface area contributed by atoms with Crippen LogP contribution in [0.5, 0.6) is 0 Å².